The normalized spacial score (nSPS) is 10.2. The van der Waals surface area contributed by atoms with E-state index in [-0.39, 0.29) is 23.6 Å². The highest BCUT2D eigenvalue weighted by Crippen LogP contribution is 2.28. The number of halogens is 2. The van der Waals surface area contributed by atoms with Gasteiger partial charge in [0, 0.05) is 6.07 Å². The Bertz CT molecular complexity index is 1080. The first-order valence-electron chi connectivity index (χ1n) is 8.47. The molecule has 0 radical (unpaired) electrons. The lowest BCUT2D eigenvalue weighted by Crippen LogP contribution is -2.14. The molecule has 3 rings (SSSR count). The van der Waals surface area contributed by atoms with E-state index in [1.54, 1.807) is 30.3 Å². The number of hydrogen-bond donors (Lipinski definition) is 1. The summed E-state index contributed by atoms with van der Waals surface area (Å²) >= 11 is 6.06. The number of aryl methyl sites for hydroxylation is 1. The maximum Gasteiger partial charge on any atom is 0.228 e. The van der Waals surface area contributed by atoms with Gasteiger partial charge in [-0.15, -0.1) is 0 Å². The van der Waals surface area contributed by atoms with Crippen molar-refractivity contribution in [2.45, 2.75) is 13.3 Å². The van der Waals surface area contributed by atoms with Gasteiger partial charge in [0.1, 0.15) is 17.3 Å². The Hall–Kier alpha value is -3.36. The topological polar surface area (TPSA) is 62.1 Å². The largest absolute Gasteiger partial charge is 0.457 e. The molecular weight excluding hydrogens is 379 g/mol. The Labute approximate surface area is 167 Å². The predicted molar refractivity (Wildman–Crippen MR) is 106 cm³/mol. The molecule has 140 valence electrons. The van der Waals surface area contributed by atoms with Crippen LogP contribution < -0.4 is 10.1 Å². The average Bonchev–Trinajstić information content (AvgIpc) is 2.66. The molecule has 0 saturated heterocycles. The van der Waals surface area contributed by atoms with Crippen LogP contribution in [0, 0.1) is 24.1 Å². The monoisotopic (exact) mass is 394 g/mol. The molecule has 3 aromatic carbocycles. The van der Waals surface area contributed by atoms with Crippen LogP contribution in [-0.4, -0.2) is 5.91 Å². The maximum atomic E-state index is 13.6. The number of para-hydroxylation sites is 1. The molecule has 0 spiro atoms. The molecule has 0 aliphatic rings. The van der Waals surface area contributed by atoms with E-state index >= 15 is 0 Å². The molecule has 0 aliphatic carbocycles. The summed E-state index contributed by atoms with van der Waals surface area (Å²) in [6.45, 7) is 1.84. The highest BCUT2D eigenvalue weighted by atomic mass is 35.5. The van der Waals surface area contributed by atoms with Crippen molar-refractivity contribution in [2.24, 2.45) is 0 Å². The van der Waals surface area contributed by atoms with Crippen LogP contribution in [0.5, 0.6) is 11.5 Å². The van der Waals surface area contributed by atoms with Gasteiger partial charge in [-0.1, -0.05) is 35.9 Å². The SMILES string of the molecule is Cc1ccc(CC(=O)Nc2ccccc2Cl)cc1Oc1cc(F)cc(C#N)c1. The number of carbonyl (C=O) groups excluding carboxylic acids is 1. The fraction of sp³-hybridized carbons (Fsp3) is 0.0909. The van der Waals surface area contributed by atoms with Gasteiger partial charge in [-0.05, 0) is 48.4 Å². The zero-order chi connectivity index (χ0) is 20.1. The van der Waals surface area contributed by atoms with Crippen molar-refractivity contribution in [3.8, 4) is 17.6 Å². The zero-order valence-corrected chi connectivity index (χ0v) is 15.8. The van der Waals surface area contributed by atoms with Crippen LogP contribution in [0.1, 0.15) is 16.7 Å². The summed E-state index contributed by atoms with van der Waals surface area (Å²) in [6.07, 6.45) is 0.120. The number of nitriles is 1. The molecule has 0 bridgehead atoms. The van der Waals surface area contributed by atoms with Gasteiger partial charge in [0.15, 0.2) is 0 Å². The van der Waals surface area contributed by atoms with E-state index in [0.717, 1.165) is 17.2 Å². The maximum absolute atomic E-state index is 13.6. The van der Waals surface area contributed by atoms with Gasteiger partial charge in [0.2, 0.25) is 5.91 Å². The van der Waals surface area contributed by atoms with Crippen molar-refractivity contribution in [1.29, 1.82) is 5.26 Å². The van der Waals surface area contributed by atoms with Crippen LogP contribution in [0.25, 0.3) is 0 Å². The Morgan fingerprint density at radius 1 is 1.18 bits per heavy atom. The second-order valence-corrected chi connectivity index (χ2v) is 6.60. The third-order valence-electron chi connectivity index (χ3n) is 3.99. The quantitative estimate of drug-likeness (QED) is 0.609. The minimum Gasteiger partial charge on any atom is -0.457 e. The van der Waals surface area contributed by atoms with E-state index in [1.807, 2.05) is 25.1 Å². The number of ether oxygens (including phenoxy) is 1. The Morgan fingerprint density at radius 2 is 1.96 bits per heavy atom. The van der Waals surface area contributed by atoms with Crippen LogP contribution in [-0.2, 0) is 11.2 Å². The highest BCUT2D eigenvalue weighted by Gasteiger charge is 2.10. The van der Waals surface area contributed by atoms with Crippen LogP contribution in [0.4, 0.5) is 10.1 Å². The van der Waals surface area contributed by atoms with Crippen molar-refractivity contribution in [1.82, 2.24) is 0 Å². The molecular formula is C22H16ClFN2O2. The van der Waals surface area contributed by atoms with E-state index in [9.17, 15) is 9.18 Å². The molecule has 1 N–H and O–H groups in total. The minimum absolute atomic E-state index is 0.120. The highest BCUT2D eigenvalue weighted by molar-refractivity contribution is 6.33. The molecule has 0 unspecified atom stereocenters. The summed E-state index contributed by atoms with van der Waals surface area (Å²) < 4.78 is 19.4. The summed E-state index contributed by atoms with van der Waals surface area (Å²) in [5.74, 6) is -0.0720. The van der Waals surface area contributed by atoms with Gasteiger partial charge in [0.05, 0.1) is 28.8 Å². The summed E-state index contributed by atoms with van der Waals surface area (Å²) in [5, 5.41) is 12.2. The fourth-order valence-corrected chi connectivity index (χ4v) is 2.80. The Morgan fingerprint density at radius 3 is 2.71 bits per heavy atom. The van der Waals surface area contributed by atoms with Crippen LogP contribution in [0.15, 0.2) is 60.7 Å². The van der Waals surface area contributed by atoms with Gasteiger partial charge in [-0.25, -0.2) is 4.39 Å². The summed E-state index contributed by atoms with van der Waals surface area (Å²) in [5.41, 5.74) is 2.25. The lowest BCUT2D eigenvalue weighted by molar-refractivity contribution is -0.115. The number of nitrogens with one attached hydrogen (secondary N) is 1. The second-order valence-electron chi connectivity index (χ2n) is 6.19. The number of benzene rings is 3. The smallest absolute Gasteiger partial charge is 0.228 e. The van der Waals surface area contributed by atoms with Crippen LogP contribution in [0.3, 0.4) is 0 Å². The molecule has 28 heavy (non-hydrogen) atoms. The van der Waals surface area contributed by atoms with E-state index in [0.29, 0.717) is 16.5 Å². The van der Waals surface area contributed by atoms with E-state index in [1.165, 1.54) is 12.1 Å². The van der Waals surface area contributed by atoms with E-state index in [2.05, 4.69) is 5.32 Å². The van der Waals surface area contributed by atoms with Crippen LogP contribution in [0.2, 0.25) is 5.02 Å². The minimum atomic E-state index is -0.554. The number of rotatable bonds is 5. The first kappa shape index (κ1) is 19.4. The fourth-order valence-electron chi connectivity index (χ4n) is 2.62. The third kappa shape index (κ3) is 4.87. The second kappa shape index (κ2) is 8.55. The number of amides is 1. The lowest BCUT2D eigenvalue weighted by Gasteiger charge is -2.12. The van der Waals surface area contributed by atoms with Crippen molar-refractivity contribution < 1.29 is 13.9 Å². The molecule has 0 aliphatic heterocycles. The van der Waals surface area contributed by atoms with Crippen LogP contribution >= 0.6 is 11.6 Å². The summed E-state index contributed by atoms with van der Waals surface area (Å²) in [4.78, 5) is 12.3. The molecule has 3 aromatic rings. The van der Waals surface area contributed by atoms with Crippen molar-refractivity contribution >= 4 is 23.2 Å². The zero-order valence-electron chi connectivity index (χ0n) is 15.0. The Balaban J connectivity index is 1.76. The van der Waals surface area contributed by atoms with Crippen molar-refractivity contribution in [2.75, 3.05) is 5.32 Å². The summed E-state index contributed by atoms with van der Waals surface area (Å²) in [7, 11) is 0. The van der Waals surface area contributed by atoms with Gasteiger partial charge >= 0.3 is 0 Å². The molecule has 0 fully saturated rings. The van der Waals surface area contributed by atoms with E-state index < -0.39 is 5.82 Å². The van der Waals surface area contributed by atoms with Gasteiger partial charge in [-0.2, -0.15) is 5.26 Å². The number of nitrogens with zero attached hydrogens (tertiary/aromatic N) is 1. The first-order chi connectivity index (χ1) is 13.4. The average molecular weight is 395 g/mol. The standard InChI is InChI=1S/C22H16ClFN2O2/c1-14-6-7-15(11-22(27)26-20-5-3-2-4-19(20)23)10-21(14)28-18-9-16(13-25)8-17(24)12-18/h2-10,12H,11H2,1H3,(H,26,27). The van der Waals surface area contributed by atoms with E-state index in [4.69, 9.17) is 21.6 Å². The summed E-state index contributed by atoms with van der Waals surface area (Å²) in [6, 6.07) is 18.0. The molecule has 0 aromatic heterocycles. The lowest BCUT2D eigenvalue weighted by atomic mass is 10.1. The third-order valence-corrected chi connectivity index (χ3v) is 4.32. The molecule has 6 heteroatoms. The van der Waals surface area contributed by atoms with Crippen molar-refractivity contribution in [3.63, 3.8) is 0 Å². The molecule has 4 nitrogen and oxygen atoms in total. The van der Waals surface area contributed by atoms with Gasteiger partial charge in [0.25, 0.3) is 0 Å². The molecule has 0 saturated carbocycles. The first-order valence-corrected chi connectivity index (χ1v) is 8.85. The number of hydrogen-bond acceptors (Lipinski definition) is 3. The van der Waals surface area contributed by atoms with Gasteiger partial charge in [-0.3, -0.25) is 4.79 Å². The predicted octanol–water partition coefficient (Wildman–Crippen LogP) is 5.63. The Kier molecular flexibility index (Phi) is 5.93. The molecule has 0 heterocycles. The molecule has 0 atom stereocenters. The molecule has 1 amide bonds. The van der Waals surface area contributed by atoms with Gasteiger partial charge < -0.3 is 10.1 Å². The number of carbonyl (C=O) groups is 1. The number of anilines is 1. The van der Waals surface area contributed by atoms with Crippen molar-refractivity contribution in [3.05, 3.63) is 88.2 Å².